The lowest BCUT2D eigenvalue weighted by Crippen LogP contribution is -2.36. The van der Waals surface area contributed by atoms with Crippen LogP contribution >= 0.6 is 0 Å². The third kappa shape index (κ3) is 2.49. The van der Waals surface area contributed by atoms with Crippen LogP contribution in [0.2, 0.25) is 0 Å². The van der Waals surface area contributed by atoms with E-state index in [-0.39, 0.29) is 0 Å². The van der Waals surface area contributed by atoms with Crippen LogP contribution in [0, 0.1) is 11.8 Å². The molecule has 2 fully saturated rings. The van der Waals surface area contributed by atoms with Crippen LogP contribution in [-0.2, 0) is 4.79 Å². The number of rotatable bonds is 3. The molecular formula is C13H21NO. The summed E-state index contributed by atoms with van der Waals surface area (Å²) in [5, 5.41) is 3.52. The van der Waals surface area contributed by atoms with Crippen molar-refractivity contribution in [1.82, 2.24) is 5.32 Å². The fraction of sp³-hybridized carbons (Fsp3) is 0.769. The van der Waals surface area contributed by atoms with Crippen LogP contribution in [0.4, 0.5) is 0 Å². The molecule has 1 aliphatic heterocycles. The van der Waals surface area contributed by atoms with Gasteiger partial charge in [-0.25, -0.2) is 0 Å². The van der Waals surface area contributed by atoms with Crippen LogP contribution in [0.3, 0.4) is 0 Å². The number of carbonyl (C=O) groups excluding carboxylic acids is 1. The molecule has 1 heterocycles. The van der Waals surface area contributed by atoms with Gasteiger partial charge in [0, 0.05) is 18.4 Å². The molecule has 15 heavy (non-hydrogen) atoms. The van der Waals surface area contributed by atoms with E-state index in [1.54, 1.807) is 0 Å². The molecule has 0 radical (unpaired) electrons. The largest absolute Gasteiger partial charge is 0.314 e. The summed E-state index contributed by atoms with van der Waals surface area (Å²) in [4.78, 5) is 11.9. The van der Waals surface area contributed by atoms with Gasteiger partial charge in [-0.2, -0.15) is 0 Å². The second-order valence-electron chi connectivity index (χ2n) is 5.22. The maximum atomic E-state index is 11.9. The van der Waals surface area contributed by atoms with Crippen LogP contribution in [0.1, 0.15) is 39.0 Å². The van der Waals surface area contributed by atoms with Gasteiger partial charge in [0.05, 0.1) is 0 Å². The number of fused-ring (bicyclic) bond motifs is 1. The fourth-order valence-electron chi connectivity index (χ4n) is 3.02. The van der Waals surface area contributed by atoms with Gasteiger partial charge in [0.25, 0.3) is 0 Å². The minimum absolute atomic E-state index is 0.300. The maximum Gasteiger partial charge on any atom is 0.140 e. The Morgan fingerprint density at radius 2 is 2.20 bits per heavy atom. The van der Waals surface area contributed by atoms with Crippen molar-refractivity contribution < 1.29 is 4.79 Å². The van der Waals surface area contributed by atoms with Crippen molar-refractivity contribution in [2.24, 2.45) is 11.8 Å². The van der Waals surface area contributed by atoms with Crippen LogP contribution < -0.4 is 5.32 Å². The lowest BCUT2D eigenvalue weighted by atomic mass is 9.76. The Balaban J connectivity index is 1.89. The van der Waals surface area contributed by atoms with Crippen molar-refractivity contribution in [3.63, 3.8) is 0 Å². The quantitative estimate of drug-likeness (QED) is 0.719. The molecule has 2 rings (SSSR count). The van der Waals surface area contributed by atoms with E-state index < -0.39 is 0 Å². The predicted octanol–water partition coefficient (Wildman–Crippen LogP) is 2.30. The molecule has 1 aliphatic carbocycles. The van der Waals surface area contributed by atoms with Gasteiger partial charge in [-0.15, -0.1) is 0 Å². The average Bonchev–Trinajstić information content (AvgIpc) is 2.62. The number of allylic oxidation sites excluding steroid dienone is 1. The Kier molecular flexibility index (Phi) is 3.25. The van der Waals surface area contributed by atoms with E-state index in [1.165, 1.54) is 12.8 Å². The Labute approximate surface area is 92.1 Å². The molecule has 0 aromatic carbocycles. The monoisotopic (exact) mass is 207 g/mol. The first kappa shape index (κ1) is 10.9. The van der Waals surface area contributed by atoms with Gasteiger partial charge in [-0.3, -0.25) is 4.79 Å². The predicted molar refractivity (Wildman–Crippen MR) is 61.7 cm³/mol. The molecule has 1 N–H and O–H groups in total. The molecule has 84 valence electrons. The van der Waals surface area contributed by atoms with Crippen molar-refractivity contribution in [1.29, 1.82) is 0 Å². The normalized spacial score (nSPS) is 34.9. The molecular weight excluding hydrogens is 186 g/mol. The van der Waals surface area contributed by atoms with Crippen molar-refractivity contribution in [2.75, 3.05) is 6.54 Å². The second-order valence-corrected chi connectivity index (χ2v) is 5.22. The summed E-state index contributed by atoms with van der Waals surface area (Å²) in [6.45, 7) is 6.91. The van der Waals surface area contributed by atoms with Crippen LogP contribution in [-0.4, -0.2) is 18.4 Å². The fourth-order valence-corrected chi connectivity index (χ4v) is 3.02. The summed E-state index contributed by atoms with van der Waals surface area (Å²) in [5.41, 5.74) is 1.00. The van der Waals surface area contributed by atoms with Gasteiger partial charge in [-0.1, -0.05) is 12.2 Å². The zero-order valence-corrected chi connectivity index (χ0v) is 9.59. The highest BCUT2D eigenvalue weighted by Gasteiger charge is 2.35. The van der Waals surface area contributed by atoms with Crippen molar-refractivity contribution in [2.45, 2.75) is 45.1 Å². The molecule has 3 unspecified atom stereocenters. The first-order valence-corrected chi connectivity index (χ1v) is 6.07. The van der Waals surface area contributed by atoms with Gasteiger partial charge in [0.15, 0.2) is 0 Å². The number of hydrogen-bond acceptors (Lipinski definition) is 2. The van der Waals surface area contributed by atoms with E-state index >= 15 is 0 Å². The van der Waals surface area contributed by atoms with E-state index in [4.69, 9.17) is 0 Å². The zero-order chi connectivity index (χ0) is 10.8. The Hall–Kier alpha value is -0.630. The smallest absolute Gasteiger partial charge is 0.140 e. The standard InChI is InChI=1S/C13H21NO/c1-9(2)7-13(15)11-4-3-10-5-6-14-12(10)8-11/h10-12,14H,1,3-8H2,2H3. The first-order valence-electron chi connectivity index (χ1n) is 6.07. The molecule has 1 saturated heterocycles. The minimum Gasteiger partial charge on any atom is -0.314 e. The van der Waals surface area contributed by atoms with E-state index in [1.807, 2.05) is 6.92 Å². The summed E-state index contributed by atoms with van der Waals surface area (Å²) in [6.07, 6.45) is 5.31. The Morgan fingerprint density at radius 1 is 1.40 bits per heavy atom. The van der Waals surface area contributed by atoms with Gasteiger partial charge < -0.3 is 5.32 Å². The average molecular weight is 207 g/mol. The van der Waals surface area contributed by atoms with Crippen LogP contribution in [0.25, 0.3) is 0 Å². The number of carbonyl (C=O) groups is 1. The third-order valence-corrected chi connectivity index (χ3v) is 3.85. The zero-order valence-electron chi connectivity index (χ0n) is 9.59. The van der Waals surface area contributed by atoms with Gasteiger partial charge >= 0.3 is 0 Å². The van der Waals surface area contributed by atoms with E-state index in [0.717, 1.165) is 30.9 Å². The van der Waals surface area contributed by atoms with Crippen LogP contribution in [0.5, 0.6) is 0 Å². The van der Waals surface area contributed by atoms with E-state index in [0.29, 0.717) is 24.2 Å². The molecule has 0 aromatic rings. The second kappa shape index (κ2) is 4.48. The van der Waals surface area contributed by atoms with Gasteiger partial charge in [0.2, 0.25) is 0 Å². The van der Waals surface area contributed by atoms with Crippen LogP contribution in [0.15, 0.2) is 12.2 Å². The SMILES string of the molecule is C=C(C)CC(=O)C1CCC2CCNC2C1. The first-order chi connectivity index (χ1) is 7.16. The molecule has 0 amide bonds. The molecule has 1 saturated carbocycles. The molecule has 0 bridgehead atoms. The highest BCUT2D eigenvalue weighted by Crippen LogP contribution is 2.35. The van der Waals surface area contributed by atoms with E-state index in [2.05, 4.69) is 11.9 Å². The maximum absolute atomic E-state index is 11.9. The third-order valence-electron chi connectivity index (χ3n) is 3.85. The summed E-state index contributed by atoms with van der Waals surface area (Å²) < 4.78 is 0. The van der Waals surface area contributed by atoms with Crippen molar-refractivity contribution >= 4 is 5.78 Å². The molecule has 0 spiro atoms. The highest BCUT2D eigenvalue weighted by atomic mass is 16.1. The topological polar surface area (TPSA) is 29.1 Å². The van der Waals surface area contributed by atoms with E-state index in [9.17, 15) is 4.79 Å². The number of nitrogens with one attached hydrogen (secondary N) is 1. The summed E-state index contributed by atoms with van der Waals surface area (Å²) in [6, 6.07) is 0.623. The van der Waals surface area contributed by atoms with Crippen molar-refractivity contribution in [3.05, 3.63) is 12.2 Å². The number of ketones is 1. The number of Topliss-reactive ketones (excluding diaryl/α,β-unsaturated/α-hetero) is 1. The number of hydrogen-bond donors (Lipinski definition) is 1. The van der Waals surface area contributed by atoms with Gasteiger partial charge in [-0.05, 0) is 45.1 Å². The van der Waals surface area contributed by atoms with Gasteiger partial charge in [0.1, 0.15) is 5.78 Å². The summed E-state index contributed by atoms with van der Waals surface area (Å²) in [7, 11) is 0. The highest BCUT2D eigenvalue weighted by molar-refractivity contribution is 5.83. The Bertz CT molecular complexity index is 272. The lowest BCUT2D eigenvalue weighted by molar-refractivity contribution is -0.123. The minimum atomic E-state index is 0.300. The lowest BCUT2D eigenvalue weighted by Gasteiger charge is -2.30. The van der Waals surface area contributed by atoms with Crippen molar-refractivity contribution in [3.8, 4) is 0 Å². The molecule has 2 nitrogen and oxygen atoms in total. The molecule has 3 atom stereocenters. The molecule has 2 heteroatoms. The summed E-state index contributed by atoms with van der Waals surface area (Å²) >= 11 is 0. The molecule has 0 aromatic heterocycles. The Morgan fingerprint density at radius 3 is 2.93 bits per heavy atom. The summed E-state index contributed by atoms with van der Waals surface area (Å²) in [5.74, 6) is 1.56. The molecule has 2 aliphatic rings.